The number of benzene rings is 2. The average Bonchev–Trinajstić information content (AvgIpc) is 3.37. The smallest absolute Gasteiger partial charge is 0.253 e. The molecular weight excluding hydrogens is 374 g/mol. The van der Waals surface area contributed by atoms with Crippen LogP contribution in [0.3, 0.4) is 0 Å². The van der Waals surface area contributed by atoms with E-state index in [1.54, 1.807) is 24.3 Å². The van der Waals surface area contributed by atoms with E-state index in [0.29, 0.717) is 35.4 Å². The number of likely N-dealkylation sites (tertiary alicyclic amines) is 1. The summed E-state index contributed by atoms with van der Waals surface area (Å²) in [4.78, 5) is 32.6. The molecule has 1 saturated heterocycles. The number of amidine groups is 1. The number of halogens is 1. The van der Waals surface area contributed by atoms with Gasteiger partial charge in [-0.2, -0.15) is 0 Å². The molecule has 0 bridgehead atoms. The third kappa shape index (κ3) is 2.65. The SMILES string of the molecule is O=C(c1cccc(Cl)c1)N1C[C@H]2CC[C@@]3(N=C(c4ccccc4)NC3=O)[C@H]2C1. The first kappa shape index (κ1) is 17.4. The lowest BCUT2D eigenvalue weighted by atomic mass is 9.85. The zero-order valence-corrected chi connectivity index (χ0v) is 16.0. The Kier molecular flexibility index (Phi) is 4.02. The number of nitrogens with one attached hydrogen (secondary N) is 1. The number of carbonyl (C=O) groups is 2. The minimum Gasteiger partial charge on any atom is -0.338 e. The second kappa shape index (κ2) is 6.45. The van der Waals surface area contributed by atoms with E-state index >= 15 is 0 Å². The summed E-state index contributed by atoms with van der Waals surface area (Å²) in [5.41, 5.74) is 0.756. The van der Waals surface area contributed by atoms with Crippen molar-refractivity contribution in [3.8, 4) is 0 Å². The molecule has 2 aromatic carbocycles. The van der Waals surface area contributed by atoms with E-state index in [1.165, 1.54) is 0 Å². The van der Waals surface area contributed by atoms with E-state index in [0.717, 1.165) is 18.4 Å². The first-order valence-electron chi connectivity index (χ1n) is 9.58. The Morgan fingerprint density at radius 1 is 1.14 bits per heavy atom. The molecule has 0 unspecified atom stereocenters. The molecule has 5 rings (SSSR count). The first-order chi connectivity index (χ1) is 13.6. The topological polar surface area (TPSA) is 61.8 Å². The lowest BCUT2D eigenvalue weighted by Crippen LogP contribution is -2.45. The van der Waals surface area contributed by atoms with Gasteiger partial charge in [-0.25, -0.2) is 0 Å². The average molecular weight is 394 g/mol. The van der Waals surface area contributed by atoms with Crippen LogP contribution in [-0.4, -0.2) is 41.2 Å². The van der Waals surface area contributed by atoms with Crippen molar-refractivity contribution in [2.45, 2.75) is 18.4 Å². The summed E-state index contributed by atoms with van der Waals surface area (Å²) in [6.45, 7) is 1.22. The van der Waals surface area contributed by atoms with Crippen LogP contribution in [0.15, 0.2) is 59.6 Å². The minimum atomic E-state index is -0.751. The number of carbonyl (C=O) groups excluding carboxylic acids is 2. The van der Waals surface area contributed by atoms with Gasteiger partial charge in [0.05, 0.1) is 0 Å². The van der Waals surface area contributed by atoms with Gasteiger partial charge >= 0.3 is 0 Å². The maximum atomic E-state index is 13.0. The molecule has 2 aromatic rings. The summed E-state index contributed by atoms with van der Waals surface area (Å²) in [6, 6.07) is 16.7. The van der Waals surface area contributed by atoms with E-state index in [2.05, 4.69) is 5.32 Å². The van der Waals surface area contributed by atoms with Gasteiger partial charge in [0.15, 0.2) is 0 Å². The molecule has 2 aliphatic heterocycles. The molecule has 1 aliphatic carbocycles. The molecule has 0 radical (unpaired) electrons. The standard InChI is InChI=1S/C22H20ClN3O2/c23-17-8-4-7-15(11-17)20(27)26-12-16-9-10-22(18(16)13-26)21(28)24-19(25-22)14-5-2-1-3-6-14/h1-8,11,16,18H,9-10,12-13H2,(H,24,25,28)/t16-,18+,22-/m1/s1. The summed E-state index contributed by atoms with van der Waals surface area (Å²) in [5, 5.41) is 3.54. The van der Waals surface area contributed by atoms with Crippen LogP contribution in [0.1, 0.15) is 28.8 Å². The summed E-state index contributed by atoms with van der Waals surface area (Å²) < 4.78 is 0. The van der Waals surface area contributed by atoms with Crippen LogP contribution in [0.2, 0.25) is 5.02 Å². The number of rotatable bonds is 2. The van der Waals surface area contributed by atoms with Gasteiger partial charge < -0.3 is 10.2 Å². The molecule has 6 heteroatoms. The summed E-state index contributed by atoms with van der Waals surface area (Å²) in [7, 11) is 0. The van der Waals surface area contributed by atoms with Gasteiger partial charge in [-0.15, -0.1) is 0 Å². The molecule has 2 amide bonds. The zero-order valence-electron chi connectivity index (χ0n) is 15.3. The normalized spacial score (nSPS) is 28.4. The second-order valence-corrected chi connectivity index (χ2v) is 8.27. The van der Waals surface area contributed by atoms with E-state index in [9.17, 15) is 9.59 Å². The lowest BCUT2D eigenvalue weighted by molar-refractivity contribution is -0.124. The van der Waals surface area contributed by atoms with Gasteiger partial charge in [-0.3, -0.25) is 14.6 Å². The Morgan fingerprint density at radius 3 is 2.75 bits per heavy atom. The molecule has 5 nitrogen and oxygen atoms in total. The minimum absolute atomic E-state index is 0.0299. The summed E-state index contributed by atoms with van der Waals surface area (Å²) >= 11 is 6.04. The molecular formula is C22H20ClN3O2. The number of fused-ring (bicyclic) bond motifs is 2. The second-order valence-electron chi connectivity index (χ2n) is 7.83. The largest absolute Gasteiger partial charge is 0.338 e. The van der Waals surface area contributed by atoms with Crippen LogP contribution in [-0.2, 0) is 4.79 Å². The van der Waals surface area contributed by atoms with Crippen LogP contribution in [0.5, 0.6) is 0 Å². The highest BCUT2D eigenvalue weighted by atomic mass is 35.5. The molecule has 1 N–H and O–H groups in total. The summed E-state index contributed by atoms with van der Waals surface area (Å²) in [6.07, 6.45) is 1.65. The first-order valence-corrected chi connectivity index (χ1v) is 9.96. The van der Waals surface area contributed by atoms with Crippen LogP contribution >= 0.6 is 11.6 Å². The van der Waals surface area contributed by atoms with E-state index in [4.69, 9.17) is 16.6 Å². The third-order valence-electron chi connectivity index (χ3n) is 6.29. The molecule has 2 fully saturated rings. The molecule has 3 aliphatic rings. The van der Waals surface area contributed by atoms with Gasteiger partial charge in [0.2, 0.25) is 0 Å². The van der Waals surface area contributed by atoms with Crippen LogP contribution in [0.4, 0.5) is 0 Å². The van der Waals surface area contributed by atoms with Crippen molar-refractivity contribution in [2.24, 2.45) is 16.8 Å². The zero-order chi connectivity index (χ0) is 19.3. The van der Waals surface area contributed by atoms with Gasteiger partial charge in [-0.05, 0) is 37.0 Å². The van der Waals surface area contributed by atoms with Gasteiger partial charge in [0.25, 0.3) is 11.8 Å². The molecule has 142 valence electrons. The maximum Gasteiger partial charge on any atom is 0.253 e. The molecule has 28 heavy (non-hydrogen) atoms. The van der Waals surface area contributed by atoms with Crippen molar-refractivity contribution in [1.29, 1.82) is 0 Å². The number of nitrogens with zero attached hydrogens (tertiary/aromatic N) is 2. The predicted molar refractivity (Wildman–Crippen MR) is 107 cm³/mol. The Balaban J connectivity index is 1.42. The van der Waals surface area contributed by atoms with E-state index in [-0.39, 0.29) is 17.7 Å². The maximum absolute atomic E-state index is 13.0. The van der Waals surface area contributed by atoms with E-state index < -0.39 is 5.54 Å². The highest BCUT2D eigenvalue weighted by Crippen LogP contribution is 2.49. The Labute approximate surface area is 168 Å². The third-order valence-corrected chi connectivity index (χ3v) is 6.53. The Morgan fingerprint density at radius 2 is 1.96 bits per heavy atom. The van der Waals surface area contributed by atoms with Gasteiger partial charge in [0.1, 0.15) is 11.4 Å². The number of hydrogen-bond donors (Lipinski definition) is 1. The molecule has 2 heterocycles. The van der Waals surface area contributed by atoms with Crippen molar-refractivity contribution in [1.82, 2.24) is 10.2 Å². The highest BCUT2D eigenvalue weighted by molar-refractivity contribution is 6.31. The van der Waals surface area contributed by atoms with Crippen molar-refractivity contribution in [3.63, 3.8) is 0 Å². The van der Waals surface area contributed by atoms with Gasteiger partial charge in [0, 0.05) is 35.2 Å². The Bertz CT molecular complexity index is 990. The fraction of sp³-hybridized carbons (Fsp3) is 0.318. The number of amides is 2. The van der Waals surface area contributed by atoms with E-state index in [1.807, 2.05) is 35.2 Å². The predicted octanol–water partition coefficient (Wildman–Crippen LogP) is 3.14. The molecule has 1 spiro atoms. The molecule has 3 atom stereocenters. The van der Waals surface area contributed by atoms with Crippen molar-refractivity contribution in [3.05, 3.63) is 70.7 Å². The fourth-order valence-corrected chi connectivity index (χ4v) is 5.10. The van der Waals surface area contributed by atoms with Crippen molar-refractivity contribution < 1.29 is 9.59 Å². The molecule has 1 saturated carbocycles. The Hall–Kier alpha value is -2.66. The van der Waals surface area contributed by atoms with Crippen LogP contribution in [0.25, 0.3) is 0 Å². The summed E-state index contributed by atoms with van der Waals surface area (Å²) in [5.74, 6) is 0.934. The van der Waals surface area contributed by atoms with Crippen molar-refractivity contribution >= 4 is 29.3 Å². The van der Waals surface area contributed by atoms with Gasteiger partial charge in [-0.1, -0.05) is 48.0 Å². The highest BCUT2D eigenvalue weighted by Gasteiger charge is 2.59. The number of aliphatic imine (C=N–C) groups is 1. The lowest BCUT2D eigenvalue weighted by Gasteiger charge is -2.25. The molecule has 0 aromatic heterocycles. The van der Waals surface area contributed by atoms with Crippen LogP contribution < -0.4 is 5.32 Å². The van der Waals surface area contributed by atoms with Crippen molar-refractivity contribution in [2.75, 3.05) is 13.1 Å². The quantitative estimate of drug-likeness (QED) is 0.852. The monoisotopic (exact) mass is 393 g/mol. The number of hydrogen-bond acceptors (Lipinski definition) is 3. The fourth-order valence-electron chi connectivity index (χ4n) is 4.91. The van der Waals surface area contributed by atoms with Crippen LogP contribution in [0, 0.1) is 11.8 Å².